The smallest absolute Gasteiger partial charge is 0.223 e. The summed E-state index contributed by atoms with van der Waals surface area (Å²) >= 11 is 0. The third-order valence-corrected chi connectivity index (χ3v) is 4.09. The summed E-state index contributed by atoms with van der Waals surface area (Å²) < 4.78 is 0. The van der Waals surface area contributed by atoms with Crippen LogP contribution in [0.25, 0.3) is 0 Å². The lowest BCUT2D eigenvalue weighted by molar-refractivity contribution is -0.132. The van der Waals surface area contributed by atoms with Gasteiger partial charge in [0.25, 0.3) is 0 Å². The molecule has 3 unspecified atom stereocenters. The molecular weight excluding hydrogens is 188 g/mol. The quantitative estimate of drug-likeness (QED) is 0.744. The van der Waals surface area contributed by atoms with Crippen LogP contribution in [0.4, 0.5) is 0 Å². The predicted molar refractivity (Wildman–Crippen MR) is 60.5 cm³/mol. The van der Waals surface area contributed by atoms with Crippen molar-refractivity contribution in [1.29, 1.82) is 0 Å². The summed E-state index contributed by atoms with van der Waals surface area (Å²) in [4.78, 5) is 14.1. The van der Waals surface area contributed by atoms with Gasteiger partial charge in [-0.05, 0) is 44.7 Å². The van der Waals surface area contributed by atoms with E-state index >= 15 is 0 Å². The zero-order chi connectivity index (χ0) is 10.8. The molecule has 2 aliphatic rings. The lowest BCUT2D eigenvalue weighted by atomic mass is 10.0. The van der Waals surface area contributed by atoms with Gasteiger partial charge in [0.2, 0.25) is 5.91 Å². The summed E-state index contributed by atoms with van der Waals surface area (Å²) in [6.45, 7) is 7.52. The standard InChI is InChI=1S/C12H22N2O/c1-9-4-6-14(10(9)2)12(15)7-11-3-5-13-8-11/h9-11,13H,3-8H2,1-2H3. The average molecular weight is 210 g/mol. The van der Waals surface area contributed by atoms with Crippen LogP contribution < -0.4 is 5.32 Å². The molecule has 0 saturated carbocycles. The minimum Gasteiger partial charge on any atom is -0.340 e. The van der Waals surface area contributed by atoms with Gasteiger partial charge in [0.15, 0.2) is 0 Å². The second kappa shape index (κ2) is 4.52. The van der Waals surface area contributed by atoms with Gasteiger partial charge in [-0.25, -0.2) is 0 Å². The Labute approximate surface area is 92.2 Å². The largest absolute Gasteiger partial charge is 0.340 e. The Hall–Kier alpha value is -0.570. The van der Waals surface area contributed by atoms with Crippen LogP contribution in [0, 0.1) is 11.8 Å². The summed E-state index contributed by atoms with van der Waals surface area (Å²) in [6, 6.07) is 0.451. The van der Waals surface area contributed by atoms with E-state index in [1.54, 1.807) is 0 Å². The Bertz CT molecular complexity index is 236. The van der Waals surface area contributed by atoms with E-state index in [0.29, 0.717) is 23.8 Å². The molecule has 2 rings (SSSR count). The van der Waals surface area contributed by atoms with Gasteiger partial charge in [0, 0.05) is 19.0 Å². The van der Waals surface area contributed by atoms with Crippen molar-refractivity contribution in [2.45, 2.75) is 39.2 Å². The topological polar surface area (TPSA) is 32.3 Å². The maximum absolute atomic E-state index is 12.1. The monoisotopic (exact) mass is 210 g/mol. The van der Waals surface area contributed by atoms with E-state index in [2.05, 4.69) is 24.1 Å². The minimum absolute atomic E-state index is 0.376. The molecule has 15 heavy (non-hydrogen) atoms. The van der Waals surface area contributed by atoms with Crippen LogP contribution in [0.1, 0.15) is 33.1 Å². The van der Waals surface area contributed by atoms with Crippen molar-refractivity contribution in [3.63, 3.8) is 0 Å². The van der Waals surface area contributed by atoms with Gasteiger partial charge in [-0.1, -0.05) is 6.92 Å². The lowest BCUT2D eigenvalue weighted by Gasteiger charge is -2.24. The van der Waals surface area contributed by atoms with Crippen LogP contribution in [0.15, 0.2) is 0 Å². The summed E-state index contributed by atoms with van der Waals surface area (Å²) in [5.41, 5.74) is 0. The molecule has 2 aliphatic heterocycles. The van der Waals surface area contributed by atoms with Crippen LogP contribution in [0.2, 0.25) is 0 Å². The fourth-order valence-electron chi connectivity index (χ4n) is 2.70. The number of hydrogen-bond donors (Lipinski definition) is 1. The second-order valence-electron chi connectivity index (χ2n) is 5.16. The van der Waals surface area contributed by atoms with E-state index in [4.69, 9.17) is 0 Å². The first-order valence-electron chi connectivity index (χ1n) is 6.18. The molecule has 0 aromatic rings. The number of nitrogens with zero attached hydrogens (tertiary/aromatic N) is 1. The van der Waals surface area contributed by atoms with Gasteiger partial charge in [-0.2, -0.15) is 0 Å². The number of carbonyl (C=O) groups excluding carboxylic acids is 1. The maximum Gasteiger partial charge on any atom is 0.223 e. The second-order valence-corrected chi connectivity index (χ2v) is 5.16. The predicted octanol–water partition coefficient (Wildman–Crippen LogP) is 1.24. The van der Waals surface area contributed by atoms with Crippen LogP contribution in [-0.2, 0) is 4.79 Å². The number of likely N-dealkylation sites (tertiary alicyclic amines) is 1. The molecular formula is C12H22N2O. The summed E-state index contributed by atoms with van der Waals surface area (Å²) in [5.74, 6) is 1.64. The molecule has 3 nitrogen and oxygen atoms in total. The van der Waals surface area contributed by atoms with Crippen molar-refractivity contribution in [3.05, 3.63) is 0 Å². The molecule has 3 atom stereocenters. The SMILES string of the molecule is CC1CCN(C(=O)CC2CCNC2)C1C. The van der Waals surface area contributed by atoms with Crippen LogP contribution in [0.5, 0.6) is 0 Å². The number of amides is 1. The fourth-order valence-corrected chi connectivity index (χ4v) is 2.70. The molecule has 1 amide bonds. The van der Waals surface area contributed by atoms with Crippen LogP contribution >= 0.6 is 0 Å². The molecule has 1 N–H and O–H groups in total. The van der Waals surface area contributed by atoms with Gasteiger partial charge in [0.1, 0.15) is 0 Å². The number of carbonyl (C=O) groups is 1. The van der Waals surface area contributed by atoms with Gasteiger partial charge in [0.05, 0.1) is 0 Å². The van der Waals surface area contributed by atoms with E-state index in [-0.39, 0.29) is 0 Å². The zero-order valence-electron chi connectivity index (χ0n) is 9.83. The highest BCUT2D eigenvalue weighted by molar-refractivity contribution is 5.77. The average Bonchev–Trinajstić information content (AvgIpc) is 2.79. The number of rotatable bonds is 2. The first-order valence-corrected chi connectivity index (χ1v) is 6.18. The highest BCUT2D eigenvalue weighted by Gasteiger charge is 2.32. The molecule has 3 heteroatoms. The Morgan fingerprint density at radius 2 is 2.20 bits per heavy atom. The molecule has 0 aromatic carbocycles. The van der Waals surface area contributed by atoms with Crippen molar-refractivity contribution >= 4 is 5.91 Å². The lowest BCUT2D eigenvalue weighted by Crippen LogP contribution is -2.36. The maximum atomic E-state index is 12.1. The molecule has 2 saturated heterocycles. The highest BCUT2D eigenvalue weighted by Crippen LogP contribution is 2.25. The molecule has 2 heterocycles. The summed E-state index contributed by atoms with van der Waals surface area (Å²) in [5, 5.41) is 3.32. The minimum atomic E-state index is 0.376. The molecule has 86 valence electrons. The summed E-state index contributed by atoms with van der Waals surface area (Å²) in [6.07, 6.45) is 3.10. The van der Waals surface area contributed by atoms with Gasteiger partial charge >= 0.3 is 0 Å². The highest BCUT2D eigenvalue weighted by atomic mass is 16.2. The molecule has 0 bridgehead atoms. The van der Waals surface area contributed by atoms with Gasteiger partial charge < -0.3 is 10.2 Å². The molecule has 0 aliphatic carbocycles. The Kier molecular flexibility index (Phi) is 3.29. The van der Waals surface area contributed by atoms with Crippen molar-refractivity contribution in [2.24, 2.45) is 11.8 Å². The normalized spacial score (nSPS) is 36.1. The first-order chi connectivity index (χ1) is 7.18. The third-order valence-electron chi connectivity index (χ3n) is 4.09. The van der Waals surface area contributed by atoms with Crippen molar-refractivity contribution in [1.82, 2.24) is 10.2 Å². The van der Waals surface area contributed by atoms with E-state index in [0.717, 1.165) is 26.1 Å². The fraction of sp³-hybridized carbons (Fsp3) is 0.917. The van der Waals surface area contributed by atoms with Crippen LogP contribution in [0.3, 0.4) is 0 Å². The van der Waals surface area contributed by atoms with E-state index in [9.17, 15) is 4.79 Å². The zero-order valence-corrected chi connectivity index (χ0v) is 9.83. The Morgan fingerprint density at radius 1 is 1.40 bits per heavy atom. The Morgan fingerprint density at radius 3 is 2.73 bits per heavy atom. The molecule has 0 radical (unpaired) electrons. The van der Waals surface area contributed by atoms with E-state index < -0.39 is 0 Å². The van der Waals surface area contributed by atoms with Crippen molar-refractivity contribution in [2.75, 3.05) is 19.6 Å². The molecule has 2 fully saturated rings. The Balaban J connectivity index is 1.85. The van der Waals surface area contributed by atoms with Gasteiger partial charge in [-0.15, -0.1) is 0 Å². The van der Waals surface area contributed by atoms with Crippen molar-refractivity contribution < 1.29 is 4.79 Å². The molecule has 0 aromatic heterocycles. The van der Waals surface area contributed by atoms with Gasteiger partial charge in [-0.3, -0.25) is 4.79 Å². The first kappa shape index (κ1) is 10.9. The number of hydrogen-bond acceptors (Lipinski definition) is 2. The van der Waals surface area contributed by atoms with Crippen molar-refractivity contribution in [3.8, 4) is 0 Å². The number of nitrogens with one attached hydrogen (secondary N) is 1. The third kappa shape index (κ3) is 2.33. The molecule has 0 spiro atoms. The summed E-state index contributed by atoms with van der Waals surface area (Å²) in [7, 11) is 0. The van der Waals surface area contributed by atoms with Crippen LogP contribution in [-0.4, -0.2) is 36.5 Å². The van der Waals surface area contributed by atoms with E-state index in [1.165, 1.54) is 12.8 Å². The van der Waals surface area contributed by atoms with E-state index in [1.807, 2.05) is 0 Å².